The van der Waals surface area contributed by atoms with Crippen LogP contribution in [0.25, 0.3) is 10.9 Å². The number of nitrogens with one attached hydrogen (secondary N) is 1. The fourth-order valence-electron chi connectivity index (χ4n) is 2.09. The first-order chi connectivity index (χ1) is 10.4. The van der Waals surface area contributed by atoms with Crippen LogP contribution in [0.3, 0.4) is 0 Å². The fraction of sp³-hybridized carbons (Fsp3) is 0. The Bertz CT molecular complexity index is 1080. The van der Waals surface area contributed by atoms with Crippen LogP contribution in [0.1, 0.15) is 0 Å². The molecule has 0 aliphatic rings. The summed E-state index contributed by atoms with van der Waals surface area (Å²) in [4.78, 5) is 25.4. The SMILES string of the molecule is O=c1[nH]c2cc(S(=O)(=O)c3ccccc3)ccc2c(=O)n1O. The van der Waals surface area contributed by atoms with Crippen LogP contribution in [0.4, 0.5) is 0 Å². The van der Waals surface area contributed by atoms with Gasteiger partial charge >= 0.3 is 5.69 Å². The van der Waals surface area contributed by atoms with E-state index in [1.165, 1.54) is 30.3 Å². The highest BCUT2D eigenvalue weighted by atomic mass is 32.2. The standard InChI is InChI=1S/C14H10N2O5S/c17-13-11-7-6-10(8-12(11)15-14(18)16(13)19)22(20,21)9-4-2-1-3-5-9/h1-8,19H,(H,15,18). The van der Waals surface area contributed by atoms with Crippen LogP contribution in [0, 0.1) is 0 Å². The van der Waals surface area contributed by atoms with Crippen molar-refractivity contribution in [3.63, 3.8) is 0 Å². The molecular formula is C14H10N2O5S. The third-order valence-corrected chi connectivity index (χ3v) is 4.98. The van der Waals surface area contributed by atoms with Gasteiger partial charge in [0.1, 0.15) is 0 Å². The summed E-state index contributed by atoms with van der Waals surface area (Å²) >= 11 is 0. The molecule has 0 saturated heterocycles. The molecule has 0 atom stereocenters. The highest BCUT2D eigenvalue weighted by molar-refractivity contribution is 7.91. The lowest BCUT2D eigenvalue weighted by molar-refractivity contribution is 0.162. The van der Waals surface area contributed by atoms with E-state index in [2.05, 4.69) is 4.98 Å². The van der Waals surface area contributed by atoms with Crippen LogP contribution in [0.15, 0.2) is 67.9 Å². The second kappa shape index (κ2) is 4.85. The van der Waals surface area contributed by atoms with E-state index in [-0.39, 0.29) is 25.4 Å². The Hall–Kier alpha value is -2.87. The second-order valence-corrected chi connectivity index (χ2v) is 6.52. The average molecular weight is 318 g/mol. The first kappa shape index (κ1) is 14.1. The molecule has 0 aliphatic heterocycles. The van der Waals surface area contributed by atoms with Crippen molar-refractivity contribution in [2.24, 2.45) is 0 Å². The number of rotatable bonds is 2. The molecular weight excluding hydrogens is 308 g/mol. The molecule has 0 spiro atoms. The van der Waals surface area contributed by atoms with E-state index in [1.54, 1.807) is 18.2 Å². The van der Waals surface area contributed by atoms with E-state index in [4.69, 9.17) is 0 Å². The van der Waals surface area contributed by atoms with Crippen LogP contribution in [0.2, 0.25) is 0 Å². The zero-order chi connectivity index (χ0) is 15.9. The predicted molar refractivity (Wildman–Crippen MR) is 77.9 cm³/mol. The zero-order valence-corrected chi connectivity index (χ0v) is 11.9. The summed E-state index contributed by atoms with van der Waals surface area (Å²) in [5, 5.41) is 9.26. The normalized spacial score (nSPS) is 11.6. The molecule has 1 aromatic heterocycles. The van der Waals surface area contributed by atoms with Crippen molar-refractivity contribution in [1.29, 1.82) is 0 Å². The van der Waals surface area contributed by atoms with E-state index in [0.717, 1.165) is 0 Å². The third-order valence-electron chi connectivity index (χ3n) is 3.21. The Morgan fingerprint density at radius 1 is 0.955 bits per heavy atom. The summed E-state index contributed by atoms with van der Waals surface area (Å²) in [6.07, 6.45) is 0. The zero-order valence-electron chi connectivity index (χ0n) is 11.1. The minimum absolute atomic E-state index is 0.00844. The molecule has 0 bridgehead atoms. The summed E-state index contributed by atoms with van der Waals surface area (Å²) in [6.45, 7) is 0. The van der Waals surface area contributed by atoms with E-state index < -0.39 is 21.1 Å². The summed E-state index contributed by atoms with van der Waals surface area (Å²) in [7, 11) is -3.76. The molecule has 22 heavy (non-hydrogen) atoms. The largest absolute Gasteiger partial charge is 0.421 e. The summed E-state index contributed by atoms with van der Waals surface area (Å²) in [6, 6.07) is 11.5. The monoisotopic (exact) mass is 318 g/mol. The molecule has 8 heteroatoms. The molecule has 2 N–H and O–H groups in total. The maximum Gasteiger partial charge on any atom is 0.362 e. The van der Waals surface area contributed by atoms with Gasteiger partial charge in [0, 0.05) is 0 Å². The van der Waals surface area contributed by atoms with E-state index in [1.807, 2.05) is 0 Å². The first-order valence-electron chi connectivity index (χ1n) is 6.20. The lowest BCUT2D eigenvalue weighted by Crippen LogP contribution is -2.33. The molecule has 0 fully saturated rings. The molecule has 0 aliphatic carbocycles. The van der Waals surface area contributed by atoms with Crippen LogP contribution in [0.5, 0.6) is 0 Å². The van der Waals surface area contributed by atoms with Gasteiger partial charge in [0.2, 0.25) is 9.84 Å². The Morgan fingerprint density at radius 3 is 2.32 bits per heavy atom. The Labute approximate surface area is 124 Å². The minimum atomic E-state index is -3.76. The van der Waals surface area contributed by atoms with E-state index in [9.17, 15) is 23.2 Å². The van der Waals surface area contributed by atoms with Gasteiger partial charge in [-0.3, -0.25) is 4.79 Å². The van der Waals surface area contributed by atoms with Crippen molar-refractivity contribution in [2.45, 2.75) is 9.79 Å². The third kappa shape index (κ3) is 2.09. The van der Waals surface area contributed by atoms with Crippen molar-refractivity contribution in [3.05, 3.63) is 69.4 Å². The number of H-pyrrole nitrogens is 1. The van der Waals surface area contributed by atoms with E-state index in [0.29, 0.717) is 0 Å². The van der Waals surface area contributed by atoms with Gasteiger partial charge in [-0.25, -0.2) is 13.2 Å². The number of aromatic amines is 1. The predicted octanol–water partition coefficient (Wildman–Crippen LogP) is 0.760. The Morgan fingerprint density at radius 2 is 1.64 bits per heavy atom. The van der Waals surface area contributed by atoms with Gasteiger partial charge in [0.05, 0.1) is 20.7 Å². The molecule has 7 nitrogen and oxygen atoms in total. The van der Waals surface area contributed by atoms with Gasteiger partial charge in [-0.05, 0) is 30.3 Å². The first-order valence-corrected chi connectivity index (χ1v) is 7.68. The smallest absolute Gasteiger partial charge is 0.362 e. The van der Waals surface area contributed by atoms with Gasteiger partial charge in [0.25, 0.3) is 5.56 Å². The maximum atomic E-state index is 12.5. The Balaban J connectivity index is 2.28. The van der Waals surface area contributed by atoms with Crippen LogP contribution >= 0.6 is 0 Å². The number of fused-ring (bicyclic) bond motifs is 1. The van der Waals surface area contributed by atoms with Gasteiger partial charge < -0.3 is 10.2 Å². The van der Waals surface area contributed by atoms with Crippen molar-refractivity contribution in [3.8, 4) is 0 Å². The number of aromatic nitrogens is 2. The topological polar surface area (TPSA) is 109 Å². The molecule has 2 aromatic carbocycles. The number of sulfone groups is 1. The van der Waals surface area contributed by atoms with Gasteiger partial charge in [-0.2, -0.15) is 0 Å². The van der Waals surface area contributed by atoms with Gasteiger partial charge in [0.15, 0.2) is 0 Å². The average Bonchev–Trinajstić information content (AvgIpc) is 2.53. The molecule has 0 unspecified atom stereocenters. The summed E-state index contributed by atoms with van der Waals surface area (Å²) in [5.74, 6) is 0. The maximum absolute atomic E-state index is 12.5. The van der Waals surface area contributed by atoms with Crippen molar-refractivity contribution >= 4 is 20.7 Å². The van der Waals surface area contributed by atoms with Crippen LogP contribution < -0.4 is 11.2 Å². The molecule has 0 radical (unpaired) electrons. The minimum Gasteiger partial charge on any atom is -0.421 e. The lowest BCUT2D eigenvalue weighted by atomic mass is 10.2. The van der Waals surface area contributed by atoms with Crippen LogP contribution in [-0.4, -0.2) is 23.3 Å². The quantitative estimate of drug-likeness (QED) is 0.678. The summed E-state index contributed by atoms with van der Waals surface area (Å²) in [5.41, 5.74) is -1.91. The van der Waals surface area contributed by atoms with Gasteiger partial charge in [-0.15, -0.1) is 0 Å². The molecule has 0 saturated carbocycles. The number of nitrogens with zero attached hydrogens (tertiary/aromatic N) is 1. The molecule has 3 aromatic rings. The van der Waals surface area contributed by atoms with E-state index >= 15 is 0 Å². The number of benzene rings is 2. The van der Waals surface area contributed by atoms with Crippen molar-refractivity contribution in [2.75, 3.05) is 0 Å². The van der Waals surface area contributed by atoms with Gasteiger partial charge in [-0.1, -0.05) is 22.9 Å². The molecule has 0 amide bonds. The molecule has 1 heterocycles. The molecule has 3 rings (SSSR count). The lowest BCUT2D eigenvalue weighted by Gasteiger charge is -2.06. The van der Waals surface area contributed by atoms with Crippen molar-refractivity contribution in [1.82, 2.24) is 9.71 Å². The highest BCUT2D eigenvalue weighted by Gasteiger charge is 2.18. The number of hydrogen-bond acceptors (Lipinski definition) is 5. The summed E-state index contributed by atoms with van der Waals surface area (Å²) < 4.78 is 24.9. The van der Waals surface area contributed by atoms with Crippen molar-refractivity contribution < 1.29 is 13.6 Å². The second-order valence-electron chi connectivity index (χ2n) is 4.57. The van der Waals surface area contributed by atoms with Crippen LogP contribution in [-0.2, 0) is 9.84 Å². The molecule has 112 valence electrons. The number of hydrogen-bond donors (Lipinski definition) is 2. The fourth-order valence-corrected chi connectivity index (χ4v) is 3.40. The Kier molecular flexibility index (Phi) is 3.10. The highest BCUT2D eigenvalue weighted by Crippen LogP contribution is 2.22.